The van der Waals surface area contributed by atoms with Gasteiger partial charge in [-0.3, -0.25) is 0 Å². The quantitative estimate of drug-likeness (QED) is 0.749. The van der Waals surface area contributed by atoms with Gasteiger partial charge in [-0.05, 0) is 24.5 Å². The van der Waals surface area contributed by atoms with Crippen LogP contribution in [0.3, 0.4) is 0 Å². The highest BCUT2D eigenvalue weighted by Gasteiger charge is 2.10. The first-order valence-corrected chi connectivity index (χ1v) is 6.79. The summed E-state index contributed by atoms with van der Waals surface area (Å²) in [5.74, 6) is 0. The number of amides is 2. The summed E-state index contributed by atoms with van der Waals surface area (Å²) in [5, 5.41) is 12.2. The number of aliphatic hydroxyl groups excluding tert-OH is 1. The van der Waals surface area contributed by atoms with Crippen molar-refractivity contribution in [1.29, 1.82) is 0 Å². The number of aliphatic hydroxyl groups is 1. The van der Waals surface area contributed by atoms with Crippen LogP contribution < -0.4 is 5.32 Å². The minimum absolute atomic E-state index is 0.0193. The van der Waals surface area contributed by atoms with Gasteiger partial charge in [-0.25, -0.2) is 9.78 Å². The molecule has 0 aliphatic heterocycles. The smallest absolute Gasteiger partial charge is 0.317 e. The van der Waals surface area contributed by atoms with Crippen LogP contribution in [0.2, 0.25) is 5.15 Å². The van der Waals surface area contributed by atoms with Crippen LogP contribution in [0.15, 0.2) is 18.3 Å². The molecule has 1 aromatic rings. The highest BCUT2D eigenvalue weighted by Crippen LogP contribution is 2.05. The second-order valence-electron chi connectivity index (χ2n) is 4.18. The SMILES string of the molecule is CCCN(CCO)C(=O)NCCc1ccc(Cl)nc1. The molecule has 2 N–H and O–H groups in total. The summed E-state index contributed by atoms with van der Waals surface area (Å²) in [6, 6.07) is 3.48. The van der Waals surface area contributed by atoms with E-state index < -0.39 is 0 Å². The Hall–Kier alpha value is -1.33. The number of rotatable bonds is 7. The number of hydrogen-bond donors (Lipinski definition) is 2. The fraction of sp³-hybridized carbons (Fsp3) is 0.538. The summed E-state index contributed by atoms with van der Waals surface area (Å²) in [6.45, 7) is 3.52. The Morgan fingerprint density at radius 3 is 2.84 bits per heavy atom. The zero-order valence-corrected chi connectivity index (χ0v) is 11.9. The first-order chi connectivity index (χ1) is 9.17. The van der Waals surface area contributed by atoms with E-state index >= 15 is 0 Å². The van der Waals surface area contributed by atoms with Crippen molar-refractivity contribution >= 4 is 17.6 Å². The van der Waals surface area contributed by atoms with Crippen molar-refractivity contribution < 1.29 is 9.90 Å². The molecule has 0 radical (unpaired) electrons. The van der Waals surface area contributed by atoms with E-state index in [9.17, 15) is 4.79 Å². The molecule has 1 rings (SSSR count). The number of aromatic nitrogens is 1. The lowest BCUT2D eigenvalue weighted by Crippen LogP contribution is -2.42. The molecule has 0 aliphatic carbocycles. The average molecular weight is 286 g/mol. The molecule has 0 aromatic carbocycles. The lowest BCUT2D eigenvalue weighted by molar-refractivity contribution is 0.177. The molecule has 0 atom stereocenters. The van der Waals surface area contributed by atoms with Gasteiger partial charge in [0, 0.05) is 25.8 Å². The normalized spacial score (nSPS) is 10.3. The van der Waals surface area contributed by atoms with Gasteiger partial charge in [0.05, 0.1) is 6.61 Å². The van der Waals surface area contributed by atoms with Crippen LogP contribution in [-0.4, -0.2) is 47.3 Å². The van der Waals surface area contributed by atoms with Crippen molar-refractivity contribution in [2.75, 3.05) is 26.2 Å². The molecule has 6 heteroatoms. The Morgan fingerprint density at radius 2 is 2.26 bits per heavy atom. The number of nitrogens with one attached hydrogen (secondary N) is 1. The van der Waals surface area contributed by atoms with Gasteiger partial charge in [-0.1, -0.05) is 24.6 Å². The van der Waals surface area contributed by atoms with Gasteiger partial charge in [0.1, 0.15) is 5.15 Å². The van der Waals surface area contributed by atoms with Gasteiger partial charge in [0.2, 0.25) is 0 Å². The standard InChI is InChI=1S/C13H20ClN3O2/c1-2-7-17(8-9-18)13(19)15-6-5-11-3-4-12(14)16-10-11/h3-4,10,18H,2,5-9H2,1H3,(H,15,19). The van der Waals surface area contributed by atoms with E-state index in [0.717, 1.165) is 12.0 Å². The number of carbonyl (C=O) groups is 1. The van der Waals surface area contributed by atoms with Crippen LogP contribution in [0.1, 0.15) is 18.9 Å². The highest BCUT2D eigenvalue weighted by molar-refractivity contribution is 6.29. The van der Waals surface area contributed by atoms with E-state index in [0.29, 0.717) is 31.2 Å². The van der Waals surface area contributed by atoms with Crippen molar-refractivity contribution in [3.63, 3.8) is 0 Å². The van der Waals surface area contributed by atoms with E-state index in [2.05, 4.69) is 10.3 Å². The Balaban J connectivity index is 2.34. The van der Waals surface area contributed by atoms with Crippen LogP contribution >= 0.6 is 11.6 Å². The molecule has 0 aliphatic rings. The minimum atomic E-state index is -0.141. The predicted octanol–water partition coefficient (Wildman–Crippen LogP) is 1.69. The number of urea groups is 1. The van der Waals surface area contributed by atoms with E-state index in [1.54, 1.807) is 17.2 Å². The molecular weight excluding hydrogens is 266 g/mol. The number of nitrogens with zero attached hydrogens (tertiary/aromatic N) is 2. The number of hydrogen-bond acceptors (Lipinski definition) is 3. The maximum Gasteiger partial charge on any atom is 0.317 e. The van der Waals surface area contributed by atoms with Gasteiger partial charge in [-0.2, -0.15) is 0 Å². The van der Waals surface area contributed by atoms with E-state index in [1.807, 2.05) is 13.0 Å². The van der Waals surface area contributed by atoms with Crippen molar-refractivity contribution in [2.45, 2.75) is 19.8 Å². The van der Waals surface area contributed by atoms with Crippen LogP contribution in [0.4, 0.5) is 4.79 Å². The van der Waals surface area contributed by atoms with Crippen molar-refractivity contribution in [3.05, 3.63) is 29.0 Å². The summed E-state index contributed by atoms with van der Waals surface area (Å²) < 4.78 is 0. The van der Waals surface area contributed by atoms with Crippen molar-refractivity contribution in [1.82, 2.24) is 15.2 Å². The molecule has 0 unspecified atom stereocenters. The fourth-order valence-corrected chi connectivity index (χ4v) is 1.80. The molecule has 2 amide bonds. The van der Waals surface area contributed by atoms with E-state index in [1.165, 1.54) is 0 Å². The average Bonchev–Trinajstić information content (AvgIpc) is 2.40. The molecule has 106 valence electrons. The van der Waals surface area contributed by atoms with E-state index in [4.69, 9.17) is 16.7 Å². The molecule has 1 aromatic heterocycles. The molecule has 0 fully saturated rings. The first kappa shape index (κ1) is 15.7. The molecule has 0 saturated carbocycles. The highest BCUT2D eigenvalue weighted by atomic mass is 35.5. The summed E-state index contributed by atoms with van der Waals surface area (Å²) in [4.78, 5) is 17.4. The van der Waals surface area contributed by atoms with Gasteiger partial charge >= 0.3 is 6.03 Å². The molecule has 0 spiro atoms. The van der Waals surface area contributed by atoms with Crippen LogP contribution in [0, 0.1) is 0 Å². The molecule has 19 heavy (non-hydrogen) atoms. The molecule has 0 saturated heterocycles. The largest absolute Gasteiger partial charge is 0.395 e. The third-order valence-electron chi connectivity index (χ3n) is 2.63. The first-order valence-electron chi connectivity index (χ1n) is 6.41. The predicted molar refractivity (Wildman–Crippen MR) is 75.3 cm³/mol. The fourth-order valence-electron chi connectivity index (χ4n) is 1.69. The lowest BCUT2D eigenvalue weighted by atomic mass is 10.2. The number of halogens is 1. The Bertz CT molecular complexity index is 378. The van der Waals surface area contributed by atoms with Crippen LogP contribution in [-0.2, 0) is 6.42 Å². The Kier molecular flexibility index (Phi) is 7.22. The van der Waals surface area contributed by atoms with E-state index in [-0.39, 0.29) is 12.6 Å². The lowest BCUT2D eigenvalue weighted by Gasteiger charge is -2.21. The van der Waals surface area contributed by atoms with Gasteiger partial charge in [0.15, 0.2) is 0 Å². The zero-order chi connectivity index (χ0) is 14.1. The number of carbonyl (C=O) groups excluding carboxylic acids is 1. The Morgan fingerprint density at radius 1 is 1.47 bits per heavy atom. The maximum atomic E-state index is 11.8. The third kappa shape index (κ3) is 5.89. The van der Waals surface area contributed by atoms with Crippen LogP contribution in [0.25, 0.3) is 0 Å². The third-order valence-corrected chi connectivity index (χ3v) is 2.85. The second-order valence-corrected chi connectivity index (χ2v) is 4.57. The molecule has 5 nitrogen and oxygen atoms in total. The zero-order valence-electron chi connectivity index (χ0n) is 11.1. The monoisotopic (exact) mass is 285 g/mol. The summed E-state index contributed by atoms with van der Waals surface area (Å²) in [6.07, 6.45) is 3.27. The van der Waals surface area contributed by atoms with Crippen molar-refractivity contribution in [3.8, 4) is 0 Å². The van der Waals surface area contributed by atoms with Crippen LogP contribution in [0.5, 0.6) is 0 Å². The maximum absolute atomic E-state index is 11.8. The Labute approximate surface area is 118 Å². The van der Waals surface area contributed by atoms with Gasteiger partial charge in [-0.15, -0.1) is 0 Å². The van der Waals surface area contributed by atoms with Gasteiger partial charge < -0.3 is 15.3 Å². The molecule has 1 heterocycles. The van der Waals surface area contributed by atoms with Crippen molar-refractivity contribution in [2.24, 2.45) is 0 Å². The van der Waals surface area contributed by atoms with Gasteiger partial charge in [0.25, 0.3) is 0 Å². The molecule has 0 bridgehead atoms. The summed E-state index contributed by atoms with van der Waals surface area (Å²) in [7, 11) is 0. The summed E-state index contributed by atoms with van der Waals surface area (Å²) >= 11 is 5.70. The topological polar surface area (TPSA) is 65.5 Å². The minimum Gasteiger partial charge on any atom is -0.395 e. The second kappa shape index (κ2) is 8.72. The number of pyridine rings is 1. The molecular formula is C13H20ClN3O2. The summed E-state index contributed by atoms with van der Waals surface area (Å²) in [5.41, 5.74) is 1.02.